The van der Waals surface area contributed by atoms with Crippen molar-refractivity contribution in [2.45, 2.75) is 24.4 Å². The number of benzene rings is 1. The van der Waals surface area contributed by atoms with Crippen LogP contribution in [0.2, 0.25) is 0 Å². The molecule has 0 aromatic heterocycles. The van der Waals surface area contributed by atoms with Crippen molar-refractivity contribution in [1.82, 2.24) is 10.2 Å². The number of hydrogen-bond acceptors (Lipinski definition) is 7. The standard InChI is InChI=1S/C19H20N2O7S/c1-11(22)28-9-13-10-29-19(27-2)16(17(24)21(19)15(13)18(25)26)20-14(23)8-12-6-4-3-5-7-12/h3-7,16H,8-10H2,1-2H3,(H,20,23)(H,25,26)/t16?,19-/m1/s1. The minimum Gasteiger partial charge on any atom is -0.477 e. The van der Waals surface area contributed by atoms with E-state index in [1.54, 1.807) is 24.3 Å². The zero-order valence-electron chi connectivity index (χ0n) is 15.8. The van der Waals surface area contributed by atoms with Crippen molar-refractivity contribution >= 4 is 35.5 Å². The average Bonchev–Trinajstić information content (AvgIpc) is 2.69. The molecule has 1 saturated heterocycles. The van der Waals surface area contributed by atoms with Gasteiger partial charge < -0.3 is 19.9 Å². The molecule has 10 heteroatoms. The van der Waals surface area contributed by atoms with E-state index in [4.69, 9.17) is 9.47 Å². The second-order valence-corrected chi connectivity index (χ2v) is 7.66. The molecule has 2 atom stereocenters. The Morgan fingerprint density at radius 3 is 2.59 bits per heavy atom. The van der Waals surface area contributed by atoms with E-state index < -0.39 is 28.9 Å². The second kappa shape index (κ2) is 8.26. The Morgan fingerprint density at radius 2 is 2.00 bits per heavy atom. The zero-order valence-corrected chi connectivity index (χ0v) is 16.7. The van der Waals surface area contributed by atoms with Crippen LogP contribution in [-0.4, -0.2) is 64.3 Å². The van der Waals surface area contributed by atoms with E-state index in [0.29, 0.717) is 0 Å². The predicted octanol–water partition coefficient (Wildman–Crippen LogP) is 0.505. The lowest BCUT2D eigenvalue weighted by Crippen LogP contribution is -2.79. The van der Waals surface area contributed by atoms with E-state index in [1.807, 2.05) is 6.07 Å². The summed E-state index contributed by atoms with van der Waals surface area (Å²) in [5.41, 5.74) is 0.782. The molecule has 29 heavy (non-hydrogen) atoms. The van der Waals surface area contributed by atoms with Crippen molar-refractivity contribution in [3.05, 3.63) is 47.2 Å². The SMILES string of the molecule is CO[C@]12SCC(COC(C)=O)=C(C(=O)O)N1C(=O)C2NC(=O)Cc1ccccc1. The van der Waals surface area contributed by atoms with Gasteiger partial charge in [0.2, 0.25) is 11.0 Å². The summed E-state index contributed by atoms with van der Waals surface area (Å²) in [4.78, 5) is 49.1. The molecule has 2 aliphatic heterocycles. The van der Waals surface area contributed by atoms with Gasteiger partial charge in [-0.25, -0.2) is 4.79 Å². The van der Waals surface area contributed by atoms with E-state index in [2.05, 4.69) is 5.32 Å². The molecule has 3 rings (SSSR count). The summed E-state index contributed by atoms with van der Waals surface area (Å²) in [7, 11) is 1.35. The molecule has 0 saturated carbocycles. The molecule has 1 aromatic rings. The lowest BCUT2D eigenvalue weighted by atomic mass is 9.99. The number of fused-ring (bicyclic) bond motifs is 1. The van der Waals surface area contributed by atoms with E-state index in [-0.39, 0.29) is 36.0 Å². The maximum absolute atomic E-state index is 12.8. The van der Waals surface area contributed by atoms with Gasteiger partial charge in [-0.1, -0.05) is 42.1 Å². The molecule has 154 valence electrons. The molecule has 2 amide bonds. The number of aliphatic carboxylic acids is 1. The van der Waals surface area contributed by atoms with Crippen LogP contribution in [0.4, 0.5) is 0 Å². The Balaban J connectivity index is 1.81. The molecule has 0 radical (unpaired) electrons. The van der Waals surface area contributed by atoms with Crippen LogP contribution in [-0.2, 0) is 35.1 Å². The number of nitrogens with zero attached hydrogens (tertiary/aromatic N) is 1. The van der Waals surface area contributed by atoms with Crippen LogP contribution >= 0.6 is 11.8 Å². The van der Waals surface area contributed by atoms with Gasteiger partial charge in [0.15, 0.2) is 6.04 Å². The van der Waals surface area contributed by atoms with E-state index in [0.717, 1.165) is 22.2 Å². The Bertz CT molecular complexity index is 886. The number of hydrogen-bond donors (Lipinski definition) is 2. The largest absolute Gasteiger partial charge is 0.477 e. The van der Waals surface area contributed by atoms with Gasteiger partial charge in [-0.15, -0.1) is 0 Å². The van der Waals surface area contributed by atoms with Gasteiger partial charge in [0.1, 0.15) is 12.3 Å². The fourth-order valence-corrected chi connectivity index (χ4v) is 4.65. The van der Waals surface area contributed by atoms with Gasteiger partial charge in [-0.3, -0.25) is 19.3 Å². The summed E-state index contributed by atoms with van der Waals surface area (Å²) in [6, 6.07) is 8.01. The predicted molar refractivity (Wildman–Crippen MR) is 102 cm³/mol. The highest BCUT2D eigenvalue weighted by atomic mass is 32.2. The summed E-state index contributed by atoms with van der Waals surface area (Å²) in [6.07, 6.45) is 0.0778. The number of carboxylic acids is 1. The summed E-state index contributed by atoms with van der Waals surface area (Å²) < 4.78 is 10.4. The summed E-state index contributed by atoms with van der Waals surface area (Å²) in [5, 5.41) is 10.9. The smallest absolute Gasteiger partial charge is 0.352 e. The van der Waals surface area contributed by atoms with E-state index in [1.165, 1.54) is 14.0 Å². The highest BCUT2D eigenvalue weighted by Gasteiger charge is 2.66. The lowest BCUT2D eigenvalue weighted by molar-refractivity contribution is -0.187. The zero-order chi connectivity index (χ0) is 21.2. The number of amides is 2. The van der Waals surface area contributed by atoms with Gasteiger partial charge in [-0.05, 0) is 5.56 Å². The maximum Gasteiger partial charge on any atom is 0.352 e. The first-order valence-electron chi connectivity index (χ1n) is 8.75. The molecule has 2 N–H and O–H groups in total. The van der Waals surface area contributed by atoms with Gasteiger partial charge in [-0.2, -0.15) is 0 Å². The normalized spacial score (nSPS) is 23.2. The highest BCUT2D eigenvalue weighted by molar-refractivity contribution is 8.00. The lowest BCUT2D eigenvalue weighted by Gasteiger charge is -2.57. The number of thioether (sulfide) groups is 1. The maximum atomic E-state index is 12.8. The number of carboxylic acid groups (broad SMARTS) is 1. The minimum absolute atomic E-state index is 0.0778. The molecule has 0 bridgehead atoms. The molecule has 1 fully saturated rings. The molecule has 9 nitrogen and oxygen atoms in total. The summed E-state index contributed by atoms with van der Waals surface area (Å²) in [5.74, 6) is -2.71. The third kappa shape index (κ3) is 3.85. The Kier molecular flexibility index (Phi) is 5.94. The minimum atomic E-state index is -1.36. The van der Waals surface area contributed by atoms with Crippen molar-refractivity contribution in [1.29, 1.82) is 0 Å². The number of carbonyl (C=O) groups is 4. The number of ether oxygens (including phenoxy) is 2. The highest BCUT2D eigenvalue weighted by Crippen LogP contribution is 2.50. The fraction of sp³-hybridized carbons (Fsp3) is 0.368. The van der Waals surface area contributed by atoms with Crippen LogP contribution in [0.3, 0.4) is 0 Å². The molecule has 2 heterocycles. The first-order valence-corrected chi connectivity index (χ1v) is 9.74. The summed E-state index contributed by atoms with van der Waals surface area (Å²) in [6.45, 7) is 0.974. The van der Waals surface area contributed by atoms with Gasteiger partial charge in [0.05, 0.1) is 6.42 Å². The monoisotopic (exact) mass is 420 g/mol. The second-order valence-electron chi connectivity index (χ2n) is 6.50. The third-order valence-electron chi connectivity index (χ3n) is 4.61. The molecule has 1 unspecified atom stereocenters. The van der Waals surface area contributed by atoms with E-state index in [9.17, 15) is 24.3 Å². The molecular weight excluding hydrogens is 400 g/mol. The van der Waals surface area contributed by atoms with Crippen LogP contribution in [0.25, 0.3) is 0 Å². The van der Waals surface area contributed by atoms with Crippen LogP contribution in [0.1, 0.15) is 12.5 Å². The van der Waals surface area contributed by atoms with Crippen LogP contribution in [0.5, 0.6) is 0 Å². The quantitative estimate of drug-likeness (QED) is 0.483. The third-order valence-corrected chi connectivity index (χ3v) is 6.10. The molecule has 2 aliphatic rings. The summed E-state index contributed by atoms with van der Waals surface area (Å²) >= 11 is 1.16. The topological polar surface area (TPSA) is 122 Å². The number of nitrogens with one attached hydrogen (secondary N) is 1. The van der Waals surface area contributed by atoms with Crippen molar-refractivity contribution in [2.75, 3.05) is 19.5 Å². The Morgan fingerprint density at radius 1 is 1.31 bits per heavy atom. The van der Waals surface area contributed by atoms with Crippen LogP contribution in [0.15, 0.2) is 41.6 Å². The Hall–Kier alpha value is -2.85. The molecular formula is C19H20N2O7S. The van der Waals surface area contributed by atoms with Crippen LogP contribution in [0, 0.1) is 0 Å². The van der Waals surface area contributed by atoms with Crippen molar-refractivity contribution < 1.29 is 33.8 Å². The fourth-order valence-electron chi connectivity index (χ4n) is 3.29. The van der Waals surface area contributed by atoms with Gasteiger partial charge in [0, 0.05) is 25.4 Å². The number of rotatable bonds is 7. The molecule has 1 aromatic carbocycles. The van der Waals surface area contributed by atoms with Crippen molar-refractivity contribution in [3.63, 3.8) is 0 Å². The van der Waals surface area contributed by atoms with Gasteiger partial charge in [0.25, 0.3) is 5.91 Å². The number of β-lactam (4-membered cyclic amide) rings is 1. The first-order chi connectivity index (χ1) is 13.8. The van der Waals surface area contributed by atoms with E-state index >= 15 is 0 Å². The number of methoxy groups -OCH3 is 1. The number of esters is 1. The van der Waals surface area contributed by atoms with Crippen molar-refractivity contribution in [2.24, 2.45) is 0 Å². The van der Waals surface area contributed by atoms with Crippen LogP contribution < -0.4 is 5.32 Å². The average molecular weight is 420 g/mol. The van der Waals surface area contributed by atoms with Crippen molar-refractivity contribution in [3.8, 4) is 0 Å². The molecule has 0 spiro atoms. The Labute approximate surface area is 171 Å². The van der Waals surface area contributed by atoms with Gasteiger partial charge >= 0.3 is 11.9 Å². The number of carbonyl (C=O) groups excluding carboxylic acids is 3. The molecule has 0 aliphatic carbocycles. The first kappa shape index (κ1) is 20.9.